The molecule has 0 radical (unpaired) electrons. The molecule has 3 rings (SSSR count). The number of rotatable bonds is 2. The lowest BCUT2D eigenvalue weighted by Gasteiger charge is -2.26. The molecule has 3 aliphatic rings. The van der Waals surface area contributed by atoms with Crippen LogP contribution in [0, 0.1) is 23.7 Å². The third-order valence-electron chi connectivity index (χ3n) is 4.02. The second-order valence-electron chi connectivity index (χ2n) is 6.19. The Balaban J connectivity index is 1.80. The van der Waals surface area contributed by atoms with Crippen LogP contribution in [-0.4, -0.2) is 5.25 Å². The van der Waals surface area contributed by atoms with Crippen molar-refractivity contribution in [2.75, 3.05) is 0 Å². The molecule has 0 nitrogen and oxygen atoms in total. The predicted octanol–water partition coefficient (Wildman–Crippen LogP) is 5.45. The zero-order chi connectivity index (χ0) is 12.9. The molecule has 0 aromatic rings. The van der Waals surface area contributed by atoms with Crippen molar-refractivity contribution in [3.8, 4) is 0 Å². The van der Waals surface area contributed by atoms with E-state index in [1.54, 1.807) is 14.7 Å². The van der Waals surface area contributed by atoms with E-state index >= 15 is 0 Å². The molecular formula is C16H22S2. The molecule has 1 aliphatic carbocycles. The van der Waals surface area contributed by atoms with Crippen LogP contribution < -0.4 is 0 Å². The van der Waals surface area contributed by atoms with Gasteiger partial charge in [-0.25, -0.2) is 0 Å². The fourth-order valence-electron chi connectivity index (χ4n) is 2.90. The molecule has 0 bridgehead atoms. The molecule has 3 unspecified atom stereocenters. The lowest BCUT2D eigenvalue weighted by molar-refractivity contribution is 0.580. The Morgan fingerprint density at radius 2 is 1.72 bits per heavy atom. The lowest BCUT2D eigenvalue weighted by atomic mass is 9.87. The van der Waals surface area contributed by atoms with Crippen LogP contribution in [0.4, 0.5) is 0 Å². The van der Waals surface area contributed by atoms with Gasteiger partial charge in [-0.05, 0) is 33.0 Å². The van der Waals surface area contributed by atoms with Gasteiger partial charge in [0.05, 0.1) is 0 Å². The van der Waals surface area contributed by atoms with Crippen LogP contribution in [0.3, 0.4) is 0 Å². The van der Waals surface area contributed by atoms with Gasteiger partial charge in [0.2, 0.25) is 0 Å². The molecule has 0 aromatic carbocycles. The quantitative estimate of drug-likeness (QED) is 0.659. The summed E-state index contributed by atoms with van der Waals surface area (Å²) in [6, 6.07) is 0. The first-order valence-corrected chi connectivity index (χ1v) is 8.74. The number of hydrogen-bond donors (Lipinski definition) is 0. The summed E-state index contributed by atoms with van der Waals surface area (Å²) in [7, 11) is 0. The van der Waals surface area contributed by atoms with Crippen molar-refractivity contribution in [2.45, 2.75) is 39.4 Å². The van der Waals surface area contributed by atoms with Gasteiger partial charge in [0.25, 0.3) is 0 Å². The van der Waals surface area contributed by atoms with E-state index in [0.717, 1.165) is 11.2 Å². The average Bonchev–Trinajstić information content (AvgIpc) is 2.87. The first-order chi connectivity index (χ1) is 8.54. The van der Waals surface area contributed by atoms with Crippen molar-refractivity contribution >= 4 is 23.5 Å². The highest BCUT2D eigenvalue weighted by Gasteiger charge is 2.37. The Morgan fingerprint density at radius 3 is 2.39 bits per heavy atom. The van der Waals surface area contributed by atoms with E-state index in [0.29, 0.717) is 17.8 Å². The van der Waals surface area contributed by atoms with Crippen molar-refractivity contribution in [2.24, 2.45) is 23.7 Å². The fourth-order valence-corrected chi connectivity index (χ4v) is 5.65. The molecule has 18 heavy (non-hydrogen) atoms. The van der Waals surface area contributed by atoms with E-state index in [2.05, 4.69) is 57.7 Å². The monoisotopic (exact) mass is 278 g/mol. The minimum atomic E-state index is 0.691. The third-order valence-corrected chi connectivity index (χ3v) is 7.23. The average molecular weight is 278 g/mol. The molecular weight excluding hydrogens is 256 g/mol. The van der Waals surface area contributed by atoms with Crippen LogP contribution >= 0.6 is 23.5 Å². The number of allylic oxidation sites excluding steroid dienone is 6. The van der Waals surface area contributed by atoms with Gasteiger partial charge in [0, 0.05) is 17.1 Å². The maximum absolute atomic E-state index is 2.55. The van der Waals surface area contributed by atoms with Crippen LogP contribution in [0.5, 0.6) is 0 Å². The SMILES string of the molecule is CC(C)C1=CC2CC3SC(C(C)C)=CC3C=C2S1. The molecule has 0 fully saturated rings. The summed E-state index contributed by atoms with van der Waals surface area (Å²) in [6.07, 6.45) is 8.96. The highest BCUT2D eigenvalue weighted by Crippen LogP contribution is 2.54. The van der Waals surface area contributed by atoms with E-state index in [1.165, 1.54) is 6.42 Å². The van der Waals surface area contributed by atoms with Gasteiger partial charge in [-0.15, -0.1) is 11.8 Å². The van der Waals surface area contributed by atoms with E-state index in [9.17, 15) is 0 Å². The molecule has 3 atom stereocenters. The molecule has 98 valence electrons. The lowest BCUT2D eigenvalue weighted by Crippen LogP contribution is -2.19. The Labute approximate surface area is 119 Å². The van der Waals surface area contributed by atoms with E-state index in [1.807, 2.05) is 11.8 Å². The van der Waals surface area contributed by atoms with Crippen LogP contribution in [-0.2, 0) is 0 Å². The molecule has 0 amide bonds. The molecule has 0 saturated heterocycles. The molecule has 2 heterocycles. The van der Waals surface area contributed by atoms with Gasteiger partial charge in [-0.3, -0.25) is 0 Å². The molecule has 0 aromatic heterocycles. The Morgan fingerprint density at radius 1 is 1.00 bits per heavy atom. The zero-order valence-electron chi connectivity index (χ0n) is 11.6. The summed E-state index contributed by atoms with van der Waals surface area (Å²) in [4.78, 5) is 4.82. The molecule has 2 aliphatic heterocycles. The van der Waals surface area contributed by atoms with E-state index in [4.69, 9.17) is 0 Å². The highest BCUT2D eigenvalue weighted by atomic mass is 32.2. The Bertz CT molecular complexity index is 440. The predicted molar refractivity (Wildman–Crippen MR) is 84.5 cm³/mol. The van der Waals surface area contributed by atoms with Crippen molar-refractivity contribution < 1.29 is 0 Å². The van der Waals surface area contributed by atoms with Crippen LogP contribution in [0.25, 0.3) is 0 Å². The van der Waals surface area contributed by atoms with Crippen molar-refractivity contribution in [3.05, 3.63) is 32.9 Å². The molecule has 0 N–H and O–H groups in total. The van der Waals surface area contributed by atoms with Crippen molar-refractivity contribution in [1.82, 2.24) is 0 Å². The largest absolute Gasteiger partial charge is 0.126 e. The second kappa shape index (κ2) is 4.79. The van der Waals surface area contributed by atoms with Gasteiger partial charge in [-0.1, -0.05) is 57.7 Å². The van der Waals surface area contributed by atoms with Crippen LogP contribution in [0.1, 0.15) is 34.1 Å². The minimum absolute atomic E-state index is 0.691. The fraction of sp³-hybridized carbons (Fsp3) is 0.625. The standard InChI is InChI=1S/C16H22S2/c1-9(2)13-5-11-7-16-12(8-15(11)17-13)6-14(18-16)10(3)4/h5-7,9-12,15H,8H2,1-4H3. The topological polar surface area (TPSA) is 0 Å². The van der Waals surface area contributed by atoms with Crippen molar-refractivity contribution in [3.63, 3.8) is 0 Å². The number of thioether (sulfide) groups is 2. The van der Waals surface area contributed by atoms with E-state index < -0.39 is 0 Å². The first kappa shape index (κ1) is 12.9. The summed E-state index contributed by atoms with van der Waals surface area (Å²) in [6.45, 7) is 9.25. The van der Waals surface area contributed by atoms with E-state index in [-0.39, 0.29) is 0 Å². The summed E-state index contributed by atoms with van der Waals surface area (Å²) < 4.78 is 0. The number of fused-ring (bicyclic) bond motifs is 2. The van der Waals surface area contributed by atoms with Gasteiger partial charge >= 0.3 is 0 Å². The maximum atomic E-state index is 2.55. The summed E-state index contributed by atoms with van der Waals surface area (Å²) >= 11 is 4.18. The van der Waals surface area contributed by atoms with Gasteiger partial charge < -0.3 is 0 Å². The maximum Gasteiger partial charge on any atom is 0.0198 e. The van der Waals surface area contributed by atoms with Gasteiger partial charge in [0.1, 0.15) is 0 Å². The van der Waals surface area contributed by atoms with Gasteiger partial charge in [0.15, 0.2) is 0 Å². The van der Waals surface area contributed by atoms with Crippen LogP contribution in [0.15, 0.2) is 32.9 Å². The van der Waals surface area contributed by atoms with Crippen molar-refractivity contribution in [1.29, 1.82) is 0 Å². The smallest absolute Gasteiger partial charge is 0.0198 e. The van der Waals surface area contributed by atoms with Gasteiger partial charge in [-0.2, -0.15) is 0 Å². The summed E-state index contributed by atoms with van der Waals surface area (Å²) in [5, 5.41) is 0.805. The zero-order valence-corrected chi connectivity index (χ0v) is 13.3. The second-order valence-corrected chi connectivity index (χ2v) is 8.65. The normalized spacial score (nSPS) is 34.3. The molecule has 2 heteroatoms. The summed E-state index contributed by atoms with van der Waals surface area (Å²) in [5.41, 5.74) is 0. The Kier molecular flexibility index (Phi) is 3.44. The molecule has 0 spiro atoms. The first-order valence-electron chi connectivity index (χ1n) is 7.04. The highest BCUT2D eigenvalue weighted by molar-refractivity contribution is 8.07. The number of hydrogen-bond acceptors (Lipinski definition) is 2. The molecule has 0 saturated carbocycles. The third kappa shape index (κ3) is 2.22. The minimum Gasteiger partial charge on any atom is -0.126 e. The Hall–Kier alpha value is -0.0800. The van der Waals surface area contributed by atoms with Crippen LogP contribution in [0.2, 0.25) is 0 Å². The summed E-state index contributed by atoms with van der Waals surface area (Å²) in [5.74, 6) is 2.82.